The molecule has 0 aliphatic heterocycles. The molecular formula is C16H28N2. The third kappa shape index (κ3) is 3.56. The summed E-state index contributed by atoms with van der Waals surface area (Å²) in [5.74, 6) is 0. The fraction of sp³-hybridized carbons (Fsp3) is 0.625. The van der Waals surface area contributed by atoms with Crippen LogP contribution in [0.3, 0.4) is 0 Å². The van der Waals surface area contributed by atoms with Gasteiger partial charge in [-0.1, -0.05) is 17.7 Å². The van der Waals surface area contributed by atoms with Crippen LogP contribution in [0.5, 0.6) is 0 Å². The lowest BCUT2D eigenvalue weighted by Gasteiger charge is -2.36. The van der Waals surface area contributed by atoms with Crippen molar-refractivity contribution in [3.8, 4) is 0 Å². The molecule has 1 aromatic carbocycles. The molecule has 0 fully saturated rings. The van der Waals surface area contributed by atoms with E-state index in [4.69, 9.17) is 5.73 Å². The van der Waals surface area contributed by atoms with Crippen LogP contribution in [-0.4, -0.2) is 24.0 Å². The SMILES string of the molecule is Cc1cc(C)c(CN(C)C(C)(C)CCN)c(C)c1. The van der Waals surface area contributed by atoms with E-state index >= 15 is 0 Å². The number of hydrogen-bond acceptors (Lipinski definition) is 2. The normalized spacial score (nSPS) is 12.2. The summed E-state index contributed by atoms with van der Waals surface area (Å²) in [5.41, 5.74) is 11.4. The molecule has 0 spiro atoms. The Morgan fingerprint density at radius 1 is 1.11 bits per heavy atom. The van der Waals surface area contributed by atoms with Crippen LogP contribution >= 0.6 is 0 Å². The van der Waals surface area contributed by atoms with Gasteiger partial charge in [-0.15, -0.1) is 0 Å². The van der Waals surface area contributed by atoms with Gasteiger partial charge in [0.25, 0.3) is 0 Å². The second-order valence-corrected chi connectivity index (χ2v) is 6.08. The molecule has 2 heteroatoms. The zero-order valence-corrected chi connectivity index (χ0v) is 12.8. The van der Waals surface area contributed by atoms with Gasteiger partial charge in [-0.2, -0.15) is 0 Å². The van der Waals surface area contributed by atoms with E-state index < -0.39 is 0 Å². The van der Waals surface area contributed by atoms with E-state index in [1.54, 1.807) is 0 Å². The minimum Gasteiger partial charge on any atom is -0.330 e. The molecule has 1 aromatic rings. The van der Waals surface area contributed by atoms with Crippen molar-refractivity contribution in [3.63, 3.8) is 0 Å². The van der Waals surface area contributed by atoms with Crippen molar-refractivity contribution in [1.29, 1.82) is 0 Å². The quantitative estimate of drug-likeness (QED) is 0.867. The first kappa shape index (κ1) is 15.2. The molecule has 0 aliphatic carbocycles. The van der Waals surface area contributed by atoms with Crippen molar-refractivity contribution in [2.75, 3.05) is 13.6 Å². The number of nitrogens with zero attached hydrogens (tertiary/aromatic N) is 1. The van der Waals surface area contributed by atoms with Crippen LogP contribution in [0.4, 0.5) is 0 Å². The van der Waals surface area contributed by atoms with Gasteiger partial charge >= 0.3 is 0 Å². The van der Waals surface area contributed by atoms with E-state index in [1.165, 1.54) is 22.3 Å². The van der Waals surface area contributed by atoms with E-state index in [2.05, 4.69) is 58.7 Å². The van der Waals surface area contributed by atoms with Crippen LogP contribution in [0.15, 0.2) is 12.1 Å². The zero-order valence-electron chi connectivity index (χ0n) is 12.8. The Morgan fingerprint density at radius 3 is 2.06 bits per heavy atom. The maximum atomic E-state index is 5.70. The smallest absolute Gasteiger partial charge is 0.0241 e. The fourth-order valence-electron chi connectivity index (χ4n) is 2.45. The summed E-state index contributed by atoms with van der Waals surface area (Å²) in [5, 5.41) is 0. The Kier molecular flexibility index (Phi) is 4.94. The Bertz CT molecular complexity index is 385. The van der Waals surface area contributed by atoms with Crippen LogP contribution in [0.1, 0.15) is 42.5 Å². The van der Waals surface area contributed by atoms with Gasteiger partial charge in [-0.05, 0) is 71.3 Å². The van der Waals surface area contributed by atoms with Gasteiger partial charge in [0.15, 0.2) is 0 Å². The number of hydrogen-bond donors (Lipinski definition) is 1. The van der Waals surface area contributed by atoms with E-state index in [0.717, 1.165) is 19.5 Å². The monoisotopic (exact) mass is 248 g/mol. The fourth-order valence-corrected chi connectivity index (χ4v) is 2.45. The summed E-state index contributed by atoms with van der Waals surface area (Å²) in [6.45, 7) is 12.8. The second kappa shape index (κ2) is 5.85. The topological polar surface area (TPSA) is 29.3 Å². The number of nitrogens with two attached hydrogens (primary N) is 1. The third-order valence-corrected chi connectivity index (χ3v) is 4.03. The van der Waals surface area contributed by atoms with Gasteiger partial charge in [-0.25, -0.2) is 0 Å². The third-order valence-electron chi connectivity index (χ3n) is 4.03. The summed E-state index contributed by atoms with van der Waals surface area (Å²) in [6.07, 6.45) is 1.02. The first-order valence-corrected chi connectivity index (χ1v) is 6.76. The maximum Gasteiger partial charge on any atom is 0.0241 e. The Morgan fingerprint density at radius 2 is 1.61 bits per heavy atom. The summed E-state index contributed by atoms with van der Waals surface area (Å²) in [4.78, 5) is 2.41. The lowest BCUT2D eigenvalue weighted by molar-refractivity contribution is 0.139. The van der Waals surface area contributed by atoms with Crippen molar-refractivity contribution in [2.24, 2.45) is 5.73 Å². The van der Waals surface area contributed by atoms with Crippen molar-refractivity contribution in [1.82, 2.24) is 4.90 Å². The summed E-state index contributed by atoms with van der Waals surface area (Å²) < 4.78 is 0. The standard InChI is InChI=1S/C16H28N2/c1-12-9-13(2)15(14(3)10-12)11-18(6)16(4,5)7-8-17/h9-10H,7-8,11,17H2,1-6H3. The highest BCUT2D eigenvalue weighted by Crippen LogP contribution is 2.23. The van der Waals surface area contributed by atoms with Gasteiger partial charge < -0.3 is 5.73 Å². The molecule has 0 saturated heterocycles. The maximum absolute atomic E-state index is 5.70. The minimum absolute atomic E-state index is 0.151. The average Bonchev–Trinajstić information content (AvgIpc) is 2.22. The largest absolute Gasteiger partial charge is 0.330 e. The van der Waals surface area contributed by atoms with E-state index in [1.807, 2.05) is 0 Å². The first-order chi connectivity index (χ1) is 8.27. The molecule has 0 radical (unpaired) electrons. The first-order valence-electron chi connectivity index (χ1n) is 6.76. The number of benzene rings is 1. The molecule has 18 heavy (non-hydrogen) atoms. The highest BCUT2D eigenvalue weighted by molar-refractivity contribution is 5.37. The van der Waals surface area contributed by atoms with Crippen molar-refractivity contribution < 1.29 is 0 Å². The molecule has 0 unspecified atom stereocenters. The molecule has 0 heterocycles. The summed E-state index contributed by atoms with van der Waals surface area (Å²) in [7, 11) is 2.19. The van der Waals surface area contributed by atoms with E-state index in [9.17, 15) is 0 Å². The number of rotatable bonds is 5. The molecule has 0 amide bonds. The van der Waals surface area contributed by atoms with Crippen LogP contribution in [-0.2, 0) is 6.54 Å². The van der Waals surface area contributed by atoms with Gasteiger partial charge in [0.05, 0.1) is 0 Å². The Balaban J connectivity index is 2.91. The highest BCUT2D eigenvalue weighted by atomic mass is 15.2. The Labute approximate surface area is 112 Å². The van der Waals surface area contributed by atoms with Crippen molar-refractivity contribution >= 4 is 0 Å². The summed E-state index contributed by atoms with van der Waals surface area (Å²) in [6, 6.07) is 4.54. The highest BCUT2D eigenvalue weighted by Gasteiger charge is 2.23. The predicted octanol–water partition coefficient (Wildman–Crippen LogP) is 3.17. The van der Waals surface area contributed by atoms with Crippen LogP contribution in [0.2, 0.25) is 0 Å². The summed E-state index contributed by atoms with van der Waals surface area (Å²) >= 11 is 0. The predicted molar refractivity (Wildman–Crippen MR) is 79.9 cm³/mol. The van der Waals surface area contributed by atoms with Crippen molar-refractivity contribution in [3.05, 3.63) is 34.4 Å². The van der Waals surface area contributed by atoms with Crippen LogP contribution < -0.4 is 5.73 Å². The van der Waals surface area contributed by atoms with Gasteiger partial charge in [0.1, 0.15) is 0 Å². The van der Waals surface area contributed by atoms with Crippen molar-refractivity contribution in [2.45, 2.75) is 53.1 Å². The number of aryl methyl sites for hydroxylation is 3. The molecule has 0 atom stereocenters. The van der Waals surface area contributed by atoms with Gasteiger partial charge in [-0.3, -0.25) is 4.90 Å². The van der Waals surface area contributed by atoms with E-state index in [0.29, 0.717) is 0 Å². The molecular weight excluding hydrogens is 220 g/mol. The second-order valence-electron chi connectivity index (χ2n) is 6.08. The van der Waals surface area contributed by atoms with Crippen LogP contribution in [0, 0.1) is 20.8 Å². The molecule has 2 nitrogen and oxygen atoms in total. The van der Waals surface area contributed by atoms with Gasteiger partial charge in [0, 0.05) is 12.1 Å². The zero-order chi connectivity index (χ0) is 13.9. The molecule has 0 aliphatic rings. The van der Waals surface area contributed by atoms with Crippen LogP contribution in [0.25, 0.3) is 0 Å². The molecule has 0 aromatic heterocycles. The molecule has 0 bridgehead atoms. The lowest BCUT2D eigenvalue weighted by atomic mass is 9.95. The molecule has 0 saturated carbocycles. The minimum atomic E-state index is 0.151. The van der Waals surface area contributed by atoms with E-state index in [-0.39, 0.29) is 5.54 Å². The molecule has 2 N–H and O–H groups in total. The molecule has 102 valence electrons. The van der Waals surface area contributed by atoms with Gasteiger partial charge in [0.2, 0.25) is 0 Å². The lowest BCUT2D eigenvalue weighted by Crippen LogP contribution is -2.42. The average molecular weight is 248 g/mol. The molecule has 1 rings (SSSR count). The Hall–Kier alpha value is -0.860.